The largest absolute Gasteiger partial charge is 0.312 e. The molecule has 1 aromatic heterocycles. The maximum Gasteiger partial charge on any atom is 0.237 e. The Morgan fingerprint density at radius 3 is 2.10 bits per heavy atom. The first kappa shape index (κ1) is 20.1. The molecule has 150 valence electrons. The molecule has 0 unspecified atom stereocenters. The van der Waals surface area contributed by atoms with E-state index < -0.39 is 0 Å². The molecule has 0 atom stereocenters. The molecule has 0 aliphatic rings. The number of hydrogen-bond acceptors (Lipinski definition) is 4. The van der Waals surface area contributed by atoms with Gasteiger partial charge in [-0.1, -0.05) is 72.4 Å². The second kappa shape index (κ2) is 9.55. The molecule has 3 aromatic carbocycles. The van der Waals surface area contributed by atoms with Crippen molar-refractivity contribution in [3.8, 4) is 0 Å². The van der Waals surface area contributed by atoms with Crippen LogP contribution in [0.25, 0.3) is 11.0 Å². The van der Waals surface area contributed by atoms with Crippen LogP contribution in [-0.4, -0.2) is 28.2 Å². The highest BCUT2D eigenvalue weighted by molar-refractivity contribution is 8.00. The van der Waals surface area contributed by atoms with Crippen LogP contribution in [0.5, 0.6) is 0 Å². The molecule has 0 aliphatic heterocycles. The topological polar surface area (TPSA) is 46.1 Å². The van der Waals surface area contributed by atoms with Gasteiger partial charge in [-0.2, -0.15) is 0 Å². The van der Waals surface area contributed by atoms with Gasteiger partial charge in [0, 0.05) is 18.7 Å². The SMILES string of the molecule is CCN(C(=O)CSc1nc2ccccc2nc1Cc1ccccc1)c1ccccc1. The van der Waals surface area contributed by atoms with Gasteiger partial charge < -0.3 is 4.90 Å². The fourth-order valence-corrected chi connectivity index (χ4v) is 4.22. The number of aromatic nitrogens is 2. The molecule has 1 amide bonds. The van der Waals surface area contributed by atoms with E-state index in [1.54, 1.807) is 4.90 Å². The van der Waals surface area contributed by atoms with Gasteiger partial charge in [0.1, 0.15) is 5.03 Å². The molecule has 0 aliphatic carbocycles. The third-order valence-electron chi connectivity index (χ3n) is 4.84. The number of nitrogens with zero attached hydrogens (tertiary/aromatic N) is 3. The predicted molar refractivity (Wildman–Crippen MR) is 124 cm³/mol. The third kappa shape index (κ3) is 4.69. The van der Waals surface area contributed by atoms with Crippen LogP contribution in [0.15, 0.2) is 90.0 Å². The Morgan fingerprint density at radius 1 is 0.833 bits per heavy atom. The Hall–Kier alpha value is -3.18. The van der Waals surface area contributed by atoms with Gasteiger partial charge in [-0.05, 0) is 36.8 Å². The molecule has 1 heterocycles. The number of para-hydroxylation sites is 3. The van der Waals surface area contributed by atoms with Crippen LogP contribution in [0.3, 0.4) is 0 Å². The van der Waals surface area contributed by atoms with E-state index in [1.165, 1.54) is 17.3 Å². The number of carbonyl (C=O) groups excluding carboxylic acids is 1. The van der Waals surface area contributed by atoms with Crippen LogP contribution in [-0.2, 0) is 11.2 Å². The summed E-state index contributed by atoms with van der Waals surface area (Å²) in [7, 11) is 0. The lowest BCUT2D eigenvalue weighted by Gasteiger charge is -2.21. The van der Waals surface area contributed by atoms with E-state index in [1.807, 2.05) is 79.7 Å². The van der Waals surface area contributed by atoms with E-state index in [0.717, 1.165) is 27.4 Å². The standard InChI is InChI=1S/C25H23N3OS/c1-2-28(20-13-7-4-8-14-20)24(29)18-30-25-23(17-19-11-5-3-6-12-19)26-21-15-9-10-16-22(21)27-25/h3-16H,2,17-18H2,1H3. The van der Waals surface area contributed by atoms with Crippen molar-refractivity contribution in [3.05, 3.63) is 96.2 Å². The van der Waals surface area contributed by atoms with Crippen LogP contribution in [0.4, 0.5) is 5.69 Å². The second-order valence-corrected chi connectivity index (χ2v) is 7.85. The minimum Gasteiger partial charge on any atom is -0.312 e. The summed E-state index contributed by atoms with van der Waals surface area (Å²) >= 11 is 1.46. The first-order valence-corrected chi connectivity index (χ1v) is 11.0. The number of amides is 1. The maximum absolute atomic E-state index is 12.9. The molecular weight excluding hydrogens is 390 g/mol. The van der Waals surface area contributed by atoms with Gasteiger partial charge >= 0.3 is 0 Å². The lowest BCUT2D eigenvalue weighted by atomic mass is 10.1. The van der Waals surface area contributed by atoms with Crippen LogP contribution < -0.4 is 4.90 Å². The third-order valence-corrected chi connectivity index (χ3v) is 5.83. The number of fused-ring (bicyclic) bond motifs is 1. The Morgan fingerprint density at radius 2 is 1.43 bits per heavy atom. The van der Waals surface area contributed by atoms with E-state index in [9.17, 15) is 4.79 Å². The van der Waals surface area contributed by atoms with Crippen molar-refractivity contribution in [2.45, 2.75) is 18.4 Å². The van der Waals surface area contributed by atoms with Gasteiger partial charge in [-0.3, -0.25) is 4.79 Å². The van der Waals surface area contributed by atoms with Gasteiger partial charge in [0.05, 0.1) is 22.5 Å². The molecule has 0 N–H and O–H groups in total. The normalized spacial score (nSPS) is 10.8. The zero-order valence-electron chi connectivity index (χ0n) is 16.9. The summed E-state index contributed by atoms with van der Waals surface area (Å²) in [6.07, 6.45) is 0.686. The quantitative estimate of drug-likeness (QED) is 0.382. The average molecular weight is 414 g/mol. The van der Waals surface area contributed by atoms with Crippen molar-refractivity contribution in [2.24, 2.45) is 0 Å². The molecular formula is C25H23N3OS. The van der Waals surface area contributed by atoms with E-state index in [2.05, 4.69) is 12.1 Å². The molecule has 4 rings (SSSR count). The predicted octanol–water partition coefficient (Wildman–Crippen LogP) is 5.37. The van der Waals surface area contributed by atoms with Crippen molar-refractivity contribution in [3.63, 3.8) is 0 Å². The van der Waals surface area contributed by atoms with Crippen molar-refractivity contribution >= 4 is 34.4 Å². The summed E-state index contributed by atoms with van der Waals surface area (Å²) in [4.78, 5) is 24.4. The van der Waals surface area contributed by atoms with Crippen molar-refractivity contribution < 1.29 is 4.79 Å². The molecule has 5 heteroatoms. The van der Waals surface area contributed by atoms with Crippen LogP contribution >= 0.6 is 11.8 Å². The summed E-state index contributed by atoms with van der Waals surface area (Å²) in [6.45, 7) is 2.62. The summed E-state index contributed by atoms with van der Waals surface area (Å²) in [5.41, 5.74) is 4.72. The summed E-state index contributed by atoms with van der Waals surface area (Å²) in [6, 6.07) is 27.9. The fraction of sp³-hybridized carbons (Fsp3) is 0.160. The highest BCUT2D eigenvalue weighted by Gasteiger charge is 2.17. The minimum atomic E-state index is 0.0642. The molecule has 0 fully saturated rings. The number of anilines is 1. The molecule has 0 bridgehead atoms. The number of carbonyl (C=O) groups is 1. The monoisotopic (exact) mass is 413 g/mol. The van der Waals surface area contributed by atoms with E-state index in [4.69, 9.17) is 9.97 Å². The van der Waals surface area contributed by atoms with Gasteiger partial charge in [-0.25, -0.2) is 9.97 Å². The first-order valence-electron chi connectivity index (χ1n) is 10.0. The minimum absolute atomic E-state index is 0.0642. The van der Waals surface area contributed by atoms with Gasteiger partial charge in [0.2, 0.25) is 5.91 Å². The number of hydrogen-bond donors (Lipinski definition) is 0. The van der Waals surface area contributed by atoms with Crippen molar-refractivity contribution in [2.75, 3.05) is 17.2 Å². The number of rotatable bonds is 7. The molecule has 0 saturated carbocycles. The van der Waals surface area contributed by atoms with Gasteiger partial charge in [0.15, 0.2) is 0 Å². The molecule has 4 aromatic rings. The Labute approximate surface area is 181 Å². The second-order valence-electron chi connectivity index (χ2n) is 6.89. The van der Waals surface area contributed by atoms with E-state index in [0.29, 0.717) is 18.7 Å². The zero-order valence-corrected chi connectivity index (χ0v) is 17.7. The summed E-state index contributed by atoms with van der Waals surface area (Å²) < 4.78 is 0. The van der Waals surface area contributed by atoms with Crippen LogP contribution in [0.2, 0.25) is 0 Å². The Kier molecular flexibility index (Phi) is 6.40. The van der Waals surface area contributed by atoms with E-state index in [-0.39, 0.29) is 5.91 Å². The molecule has 0 radical (unpaired) electrons. The highest BCUT2D eigenvalue weighted by atomic mass is 32.2. The fourth-order valence-electron chi connectivity index (χ4n) is 3.36. The smallest absolute Gasteiger partial charge is 0.237 e. The highest BCUT2D eigenvalue weighted by Crippen LogP contribution is 2.26. The summed E-state index contributed by atoms with van der Waals surface area (Å²) in [5, 5.41) is 0.815. The number of thioether (sulfide) groups is 1. The lowest BCUT2D eigenvalue weighted by molar-refractivity contribution is -0.116. The molecule has 30 heavy (non-hydrogen) atoms. The molecule has 0 saturated heterocycles. The van der Waals surface area contributed by atoms with Gasteiger partial charge in [0.25, 0.3) is 0 Å². The zero-order chi connectivity index (χ0) is 20.8. The van der Waals surface area contributed by atoms with E-state index >= 15 is 0 Å². The molecule has 4 nitrogen and oxygen atoms in total. The van der Waals surface area contributed by atoms with Gasteiger partial charge in [-0.15, -0.1) is 0 Å². The van der Waals surface area contributed by atoms with Crippen LogP contribution in [0.1, 0.15) is 18.2 Å². The average Bonchev–Trinajstić information content (AvgIpc) is 2.79. The van der Waals surface area contributed by atoms with Crippen LogP contribution in [0, 0.1) is 0 Å². The maximum atomic E-state index is 12.9. The Bertz CT molecular complexity index is 1130. The van der Waals surface area contributed by atoms with Crippen molar-refractivity contribution in [1.29, 1.82) is 0 Å². The Balaban J connectivity index is 1.59. The molecule has 0 spiro atoms. The summed E-state index contributed by atoms with van der Waals surface area (Å²) in [5.74, 6) is 0.381. The van der Waals surface area contributed by atoms with Crippen molar-refractivity contribution in [1.82, 2.24) is 9.97 Å². The first-order chi connectivity index (χ1) is 14.7. The lowest BCUT2D eigenvalue weighted by Crippen LogP contribution is -2.32. The number of benzene rings is 3.